The van der Waals surface area contributed by atoms with E-state index in [1.54, 1.807) is 24.3 Å². The number of anilines is 1. The number of aryl methyl sites for hydroxylation is 2. The first kappa shape index (κ1) is 19.0. The SMILES string of the molecule is Cc1ccc(C(C)NC(=O)c2ccc(N(C)S(C)(=O)=O)cc2)cc1C. The minimum absolute atomic E-state index is 0.120. The molecule has 0 aliphatic rings. The van der Waals surface area contributed by atoms with E-state index in [0.29, 0.717) is 11.3 Å². The minimum atomic E-state index is -3.32. The van der Waals surface area contributed by atoms with Gasteiger partial charge in [0.05, 0.1) is 18.0 Å². The summed E-state index contributed by atoms with van der Waals surface area (Å²) < 4.78 is 24.3. The lowest BCUT2D eigenvalue weighted by atomic mass is 10.0. The maximum atomic E-state index is 12.4. The number of amides is 1. The molecule has 25 heavy (non-hydrogen) atoms. The van der Waals surface area contributed by atoms with Gasteiger partial charge in [-0.15, -0.1) is 0 Å². The van der Waals surface area contributed by atoms with E-state index in [-0.39, 0.29) is 11.9 Å². The molecule has 2 rings (SSSR count). The van der Waals surface area contributed by atoms with Crippen LogP contribution in [0, 0.1) is 13.8 Å². The number of carbonyl (C=O) groups excluding carboxylic acids is 1. The molecule has 2 aromatic rings. The van der Waals surface area contributed by atoms with Gasteiger partial charge in [-0.2, -0.15) is 0 Å². The summed E-state index contributed by atoms with van der Waals surface area (Å²) in [6.45, 7) is 6.04. The summed E-state index contributed by atoms with van der Waals surface area (Å²) in [6, 6.07) is 12.5. The number of hydrogen-bond acceptors (Lipinski definition) is 3. The number of sulfonamides is 1. The van der Waals surface area contributed by atoms with Gasteiger partial charge in [0.15, 0.2) is 0 Å². The largest absolute Gasteiger partial charge is 0.346 e. The third-order valence-electron chi connectivity index (χ3n) is 4.37. The zero-order valence-corrected chi connectivity index (χ0v) is 16.0. The van der Waals surface area contributed by atoms with Gasteiger partial charge in [-0.3, -0.25) is 9.10 Å². The second-order valence-corrected chi connectivity index (χ2v) is 8.33. The van der Waals surface area contributed by atoms with E-state index in [0.717, 1.165) is 11.8 Å². The predicted octanol–water partition coefficient (Wildman–Crippen LogP) is 3.19. The number of nitrogens with one attached hydrogen (secondary N) is 1. The second kappa shape index (κ2) is 7.27. The Kier molecular flexibility index (Phi) is 5.52. The molecule has 0 saturated heterocycles. The van der Waals surface area contributed by atoms with Crippen molar-refractivity contribution in [2.24, 2.45) is 0 Å². The van der Waals surface area contributed by atoms with E-state index in [1.165, 1.54) is 22.5 Å². The van der Waals surface area contributed by atoms with Gasteiger partial charge < -0.3 is 5.32 Å². The van der Waals surface area contributed by atoms with Crippen molar-refractivity contribution in [2.75, 3.05) is 17.6 Å². The summed E-state index contributed by atoms with van der Waals surface area (Å²) in [5.41, 5.74) is 4.45. The van der Waals surface area contributed by atoms with E-state index in [2.05, 4.69) is 18.3 Å². The Balaban J connectivity index is 2.11. The zero-order valence-electron chi connectivity index (χ0n) is 15.2. The van der Waals surface area contributed by atoms with Gasteiger partial charge >= 0.3 is 0 Å². The Morgan fingerprint density at radius 3 is 2.16 bits per heavy atom. The van der Waals surface area contributed by atoms with Crippen LogP contribution in [0.2, 0.25) is 0 Å². The highest BCUT2D eigenvalue weighted by molar-refractivity contribution is 7.92. The first-order valence-corrected chi connectivity index (χ1v) is 9.86. The van der Waals surface area contributed by atoms with E-state index >= 15 is 0 Å². The van der Waals surface area contributed by atoms with Crippen molar-refractivity contribution >= 4 is 21.6 Å². The van der Waals surface area contributed by atoms with Gasteiger partial charge in [0.2, 0.25) is 10.0 Å². The molecule has 6 heteroatoms. The summed E-state index contributed by atoms with van der Waals surface area (Å²) in [5.74, 6) is -0.195. The monoisotopic (exact) mass is 360 g/mol. The van der Waals surface area contributed by atoms with Crippen LogP contribution >= 0.6 is 0 Å². The quantitative estimate of drug-likeness (QED) is 0.890. The lowest BCUT2D eigenvalue weighted by Crippen LogP contribution is -2.27. The van der Waals surface area contributed by atoms with Gasteiger partial charge in [0.1, 0.15) is 0 Å². The molecule has 5 nitrogen and oxygen atoms in total. The van der Waals surface area contributed by atoms with Gasteiger partial charge in [0.25, 0.3) is 5.91 Å². The van der Waals surface area contributed by atoms with Crippen LogP contribution in [-0.4, -0.2) is 27.6 Å². The molecule has 0 fully saturated rings. The summed E-state index contributed by atoms with van der Waals surface area (Å²) in [4.78, 5) is 12.4. The predicted molar refractivity (Wildman–Crippen MR) is 101 cm³/mol. The number of nitrogens with zero attached hydrogens (tertiary/aromatic N) is 1. The molecule has 0 saturated carbocycles. The number of hydrogen-bond donors (Lipinski definition) is 1. The van der Waals surface area contributed by atoms with Crippen LogP contribution in [0.3, 0.4) is 0 Å². The average Bonchev–Trinajstić information content (AvgIpc) is 2.55. The molecule has 0 bridgehead atoms. The fourth-order valence-electron chi connectivity index (χ4n) is 2.41. The first-order valence-electron chi connectivity index (χ1n) is 8.01. The number of rotatable bonds is 5. The van der Waals surface area contributed by atoms with E-state index in [1.807, 2.05) is 26.0 Å². The Labute approximate surface area is 149 Å². The van der Waals surface area contributed by atoms with Crippen LogP contribution in [0.15, 0.2) is 42.5 Å². The Hall–Kier alpha value is -2.34. The highest BCUT2D eigenvalue weighted by Gasteiger charge is 2.15. The summed E-state index contributed by atoms with van der Waals surface area (Å²) in [6.07, 6.45) is 1.14. The average molecular weight is 360 g/mol. The van der Waals surface area contributed by atoms with Crippen molar-refractivity contribution in [2.45, 2.75) is 26.8 Å². The maximum Gasteiger partial charge on any atom is 0.251 e. The molecule has 1 atom stereocenters. The molecule has 1 amide bonds. The molecule has 1 N–H and O–H groups in total. The number of benzene rings is 2. The zero-order chi connectivity index (χ0) is 18.8. The summed E-state index contributed by atoms with van der Waals surface area (Å²) in [7, 11) is -1.84. The molecule has 1 unspecified atom stereocenters. The third kappa shape index (κ3) is 4.60. The van der Waals surface area contributed by atoms with Crippen LogP contribution < -0.4 is 9.62 Å². The smallest absolute Gasteiger partial charge is 0.251 e. The Morgan fingerprint density at radius 1 is 1.04 bits per heavy atom. The van der Waals surface area contributed by atoms with Crippen molar-refractivity contribution in [3.8, 4) is 0 Å². The second-order valence-electron chi connectivity index (χ2n) is 6.32. The van der Waals surface area contributed by atoms with E-state index in [9.17, 15) is 13.2 Å². The molecule has 2 aromatic carbocycles. The van der Waals surface area contributed by atoms with Crippen molar-refractivity contribution in [3.63, 3.8) is 0 Å². The maximum absolute atomic E-state index is 12.4. The van der Waals surface area contributed by atoms with Crippen LogP contribution in [0.4, 0.5) is 5.69 Å². The lowest BCUT2D eigenvalue weighted by Gasteiger charge is -2.18. The molecule has 0 heterocycles. The van der Waals surface area contributed by atoms with Crippen LogP contribution in [0.25, 0.3) is 0 Å². The highest BCUT2D eigenvalue weighted by atomic mass is 32.2. The number of carbonyl (C=O) groups is 1. The first-order chi connectivity index (χ1) is 11.6. The third-order valence-corrected chi connectivity index (χ3v) is 5.57. The summed E-state index contributed by atoms with van der Waals surface area (Å²) in [5, 5.41) is 2.97. The molecule has 0 spiro atoms. The Morgan fingerprint density at radius 2 is 1.64 bits per heavy atom. The van der Waals surface area contributed by atoms with Crippen molar-refractivity contribution in [1.82, 2.24) is 5.32 Å². The van der Waals surface area contributed by atoms with Crippen LogP contribution in [0.1, 0.15) is 40.0 Å². The molecule has 0 aliphatic carbocycles. The highest BCUT2D eigenvalue weighted by Crippen LogP contribution is 2.19. The Bertz CT molecular complexity index is 874. The lowest BCUT2D eigenvalue weighted by molar-refractivity contribution is 0.0940. The fourth-order valence-corrected chi connectivity index (χ4v) is 2.92. The fraction of sp³-hybridized carbons (Fsp3) is 0.316. The van der Waals surface area contributed by atoms with Gasteiger partial charge in [0, 0.05) is 12.6 Å². The van der Waals surface area contributed by atoms with Crippen molar-refractivity contribution in [1.29, 1.82) is 0 Å². The van der Waals surface area contributed by atoms with Gasteiger partial charge in [-0.25, -0.2) is 8.42 Å². The van der Waals surface area contributed by atoms with Crippen molar-refractivity contribution in [3.05, 3.63) is 64.7 Å². The standard InChI is InChI=1S/C19H24N2O3S/c1-13-6-7-17(12-14(13)2)15(3)20-19(22)16-8-10-18(11-9-16)21(4)25(5,23)24/h6-12,15H,1-5H3,(H,20,22). The van der Waals surface area contributed by atoms with Gasteiger partial charge in [-0.05, 0) is 61.7 Å². The molecule has 0 radical (unpaired) electrons. The molecular weight excluding hydrogens is 336 g/mol. The van der Waals surface area contributed by atoms with Crippen LogP contribution in [-0.2, 0) is 10.0 Å². The summed E-state index contributed by atoms with van der Waals surface area (Å²) >= 11 is 0. The molecule has 0 aliphatic heterocycles. The van der Waals surface area contributed by atoms with Crippen molar-refractivity contribution < 1.29 is 13.2 Å². The topological polar surface area (TPSA) is 66.5 Å². The molecule has 134 valence electrons. The molecular formula is C19H24N2O3S. The van der Waals surface area contributed by atoms with Gasteiger partial charge in [-0.1, -0.05) is 18.2 Å². The van der Waals surface area contributed by atoms with Crippen LogP contribution in [0.5, 0.6) is 0 Å². The normalized spacial score (nSPS) is 12.5. The minimum Gasteiger partial charge on any atom is -0.346 e. The molecule has 0 aromatic heterocycles. The van der Waals surface area contributed by atoms with E-state index in [4.69, 9.17) is 0 Å². The van der Waals surface area contributed by atoms with E-state index < -0.39 is 10.0 Å².